The van der Waals surface area contributed by atoms with E-state index < -0.39 is 6.04 Å². The first-order valence-electron chi connectivity index (χ1n) is 9.62. The third kappa shape index (κ3) is 3.05. The molecular weight excluding hydrogens is 354 g/mol. The Hall–Kier alpha value is -3.15. The molecule has 28 heavy (non-hydrogen) atoms. The summed E-state index contributed by atoms with van der Waals surface area (Å²) >= 11 is 0. The summed E-state index contributed by atoms with van der Waals surface area (Å²) in [6.07, 6.45) is 1.38. The summed E-state index contributed by atoms with van der Waals surface area (Å²) < 4.78 is 0. The first-order chi connectivity index (χ1) is 13.5. The van der Waals surface area contributed by atoms with E-state index in [1.807, 2.05) is 38.1 Å². The molecule has 2 aromatic carbocycles. The molecular formula is C22H23N3O3. The van der Waals surface area contributed by atoms with E-state index in [9.17, 15) is 14.4 Å². The van der Waals surface area contributed by atoms with Crippen molar-refractivity contribution in [1.82, 2.24) is 10.2 Å². The Kier molecular flexibility index (Phi) is 4.63. The van der Waals surface area contributed by atoms with Gasteiger partial charge in [0.05, 0.1) is 5.69 Å². The van der Waals surface area contributed by atoms with E-state index in [1.54, 1.807) is 29.2 Å². The van der Waals surface area contributed by atoms with E-state index >= 15 is 0 Å². The van der Waals surface area contributed by atoms with Crippen molar-refractivity contribution in [2.75, 3.05) is 4.90 Å². The molecule has 0 aromatic heterocycles. The van der Waals surface area contributed by atoms with Crippen LogP contribution >= 0.6 is 0 Å². The zero-order chi connectivity index (χ0) is 19.8. The Labute approximate surface area is 164 Å². The molecule has 1 unspecified atom stereocenters. The van der Waals surface area contributed by atoms with Crippen LogP contribution in [-0.2, 0) is 17.8 Å². The first kappa shape index (κ1) is 18.2. The molecule has 1 saturated heterocycles. The summed E-state index contributed by atoms with van der Waals surface area (Å²) in [6.45, 7) is 4.39. The van der Waals surface area contributed by atoms with Gasteiger partial charge in [-0.1, -0.05) is 31.2 Å². The normalized spacial score (nSPS) is 19.3. The second-order valence-electron chi connectivity index (χ2n) is 7.40. The highest BCUT2D eigenvalue weighted by molar-refractivity contribution is 6.21. The summed E-state index contributed by atoms with van der Waals surface area (Å²) in [4.78, 5) is 41.0. The zero-order valence-corrected chi connectivity index (χ0v) is 16.0. The summed E-state index contributed by atoms with van der Waals surface area (Å²) in [5, 5.41) is 2.91. The van der Waals surface area contributed by atoms with E-state index in [1.165, 1.54) is 4.90 Å². The lowest BCUT2D eigenvalue weighted by atomic mass is 9.95. The molecule has 2 aliphatic rings. The van der Waals surface area contributed by atoms with Gasteiger partial charge in [-0.15, -0.1) is 0 Å². The van der Waals surface area contributed by atoms with Crippen LogP contribution in [0.1, 0.15) is 41.8 Å². The van der Waals surface area contributed by atoms with Gasteiger partial charge in [0.2, 0.25) is 0 Å². The summed E-state index contributed by atoms with van der Waals surface area (Å²) in [5.74, 6) is -0.371. The van der Waals surface area contributed by atoms with E-state index in [0.29, 0.717) is 24.2 Å². The number of carbonyl (C=O) groups is 3. The van der Waals surface area contributed by atoms with Gasteiger partial charge in [-0.2, -0.15) is 0 Å². The number of anilines is 1. The average molecular weight is 377 g/mol. The standard InChI is InChI=1S/C22H23N3O3/c1-3-14(2)23-20(26)15-8-10-18(11-9-15)25-21(27)19-12-16-6-4-5-7-17(16)13-24(19)22(25)28/h4-11,14,19H,3,12-13H2,1-2H3,(H,23,26)/t14?,19-/m0/s1. The molecule has 2 atom stereocenters. The van der Waals surface area contributed by atoms with Gasteiger partial charge in [0.25, 0.3) is 11.8 Å². The minimum Gasteiger partial charge on any atom is -0.350 e. The maximum atomic E-state index is 12.9. The molecule has 0 bridgehead atoms. The molecule has 4 amide bonds. The number of amides is 4. The maximum absolute atomic E-state index is 12.9. The molecule has 4 rings (SSSR count). The van der Waals surface area contributed by atoms with Crippen LogP contribution in [0.5, 0.6) is 0 Å². The highest BCUT2D eigenvalue weighted by Gasteiger charge is 2.47. The Morgan fingerprint density at radius 3 is 2.46 bits per heavy atom. The van der Waals surface area contributed by atoms with Gasteiger partial charge < -0.3 is 10.2 Å². The van der Waals surface area contributed by atoms with Crippen LogP contribution in [0.3, 0.4) is 0 Å². The molecule has 2 heterocycles. The largest absolute Gasteiger partial charge is 0.350 e. The predicted octanol–water partition coefficient (Wildman–Crippen LogP) is 3.11. The molecule has 0 aliphatic carbocycles. The number of hydrogen-bond acceptors (Lipinski definition) is 3. The highest BCUT2D eigenvalue weighted by atomic mass is 16.2. The predicted molar refractivity (Wildman–Crippen MR) is 106 cm³/mol. The smallest absolute Gasteiger partial charge is 0.332 e. The maximum Gasteiger partial charge on any atom is 0.332 e. The van der Waals surface area contributed by atoms with Crippen molar-refractivity contribution in [1.29, 1.82) is 0 Å². The molecule has 2 aliphatic heterocycles. The van der Waals surface area contributed by atoms with Gasteiger partial charge in [0.15, 0.2) is 0 Å². The third-order valence-corrected chi connectivity index (χ3v) is 5.57. The van der Waals surface area contributed by atoms with Crippen LogP contribution in [0.2, 0.25) is 0 Å². The minimum absolute atomic E-state index is 0.0893. The number of hydrogen-bond donors (Lipinski definition) is 1. The third-order valence-electron chi connectivity index (χ3n) is 5.57. The molecule has 0 spiro atoms. The molecule has 0 radical (unpaired) electrons. The molecule has 1 fully saturated rings. The number of rotatable bonds is 4. The Bertz CT molecular complexity index is 895. The molecule has 144 valence electrons. The van der Waals surface area contributed by atoms with Crippen molar-refractivity contribution in [3.63, 3.8) is 0 Å². The molecule has 1 N–H and O–H groups in total. The number of urea groups is 1. The summed E-state index contributed by atoms with van der Waals surface area (Å²) in [7, 11) is 0. The SMILES string of the molecule is CCC(C)NC(=O)c1ccc(N2C(=O)[C@@H]3Cc4ccccc4CN3C2=O)cc1. The Morgan fingerprint density at radius 1 is 1.11 bits per heavy atom. The Morgan fingerprint density at radius 2 is 1.79 bits per heavy atom. The minimum atomic E-state index is -0.462. The lowest BCUT2D eigenvalue weighted by Gasteiger charge is -2.28. The molecule has 2 aromatic rings. The van der Waals surface area contributed by atoms with Crippen LogP contribution < -0.4 is 10.2 Å². The monoisotopic (exact) mass is 377 g/mol. The number of imide groups is 1. The van der Waals surface area contributed by atoms with Crippen molar-refractivity contribution in [2.45, 2.75) is 45.3 Å². The van der Waals surface area contributed by atoms with Gasteiger partial charge >= 0.3 is 6.03 Å². The van der Waals surface area contributed by atoms with E-state index in [-0.39, 0.29) is 23.9 Å². The van der Waals surface area contributed by atoms with Gasteiger partial charge in [-0.05, 0) is 48.7 Å². The fourth-order valence-corrected chi connectivity index (χ4v) is 3.73. The number of benzene rings is 2. The van der Waals surface area contributed by atoms with Crippen LogP contribution in [0.25, 0.3) is 0 Å². The second kappa shape index (κ2) is 7.11. The number of nitrogens with zero attached hydrogens (tertiary/aromatic N) is 2. The Balaban J connectivity index is 1.55. The number of carbonyl (C=O) groups excluding carboxylic acids is 3. The summed E-state index contributed by atoms with van der Waals surface area (Å²) in [6, 6.07) is 13.9. The van der Waals surface area contributed by atoms with Crippen molar-refractivity contribution in [3.8, 4) is 0 Å². The zero-order valence-electron chi connectivity index (χ0n) is 16.0. The quantitative estimate of drug-likeness (QED) is 0.833. The van der Waals surface area contributed by atoms with Crippen LogP contribution in [0.4, 0.5) is 10.5 Å². The van der Waals surface area contributed by atoms with Crippen LogP contribution in [-0.4, -0.2) is 34.8 Å². The first-order valence-corrected chi connectivity index (χ1v) is 9.62. The number of nitrogens with one attached hydrogen (secondary N) is 1. The molecule has 6 nitrogen and oxygen atoms in total. The van der Waals surface area contributed by atoms with E-state index in [2.05, 4.69) is 5.32 Å². The van der Waals surface area contributed by atoms with Crippen molar-refractivity contribution in [2.24, 2.45) is 0 Å². The lowest BCUT2D eigenvalue weighted by Crippen LogP contribution is -2.39. The van der Waals surface area contributed by atoms with Crippen molar-refractivity contribution >= 4 is 23.5 Å². The topological polar surface area (TPSA) is 69.7 Å². The molecule has 0 saturated carbocycles. The van der Waals surface area contributed by atoms with E-state index in [4.69, 9.17) is 0 Å². The van der Waals surface area contributed by atoms with Crippen LogP contribution in [0, 0.1) is 0 Å². The van der Waals surface area contributed by atoms with Gasteiger partial charge in [-0.3, -0.25) is 9.59 Å². The van der Waals surface area contributed by atoms with Crippen molar-refractivity contribution < 1.29 is 14.4 Å². The average Bonchev–Trinajstić information content (AvgIpc) is 2.96. The summed E-state index contributed by atoms with van der Waals surface area (Å²) in [5.41, 5.74) is 3.20. The van der Waals surface area contributed by atoms with Gasteiger partial charge in [-0.25, -0.2) is 9.69 Å². The van der Waals surface area contributed by atoms with E-state index in [0.717, 1.165) is 17.5 Å². The highest BCUT2D eigenvalue weighted by Crippen LogP contribution is 2.32. The van der Waals surface area contributed by atoms with Crippen LogP contribution in [0.15, 0.2) is 48.5 Å². The lowest BCUT2D eigenvalue weighted by molar-refractivity contribution is -0.120. The fourth-order valence-electron chi connectivity index (χ4n) is 3.73. The van der Waals surface area contributed by atoms with Gasteiger partial charge in [0, 0.05) is 24.6 Å². The second-order valence-corrected chi connectivity index (χ2v) is 7.40. The fraction of sp³-hybridized carbons (Fsp3) is 0.318. The molecule has 6 heteroatoms. The number of fused-ring (bicyclic) bond motifs is 2. The van der Waals surface area contributed by atoms with Crippen molar-refractivity contribution in [3.05, 3.63) is 65.2 Å². The van der Waals surface area contributed by atoms with Gasteiger partial charge in [0.1, 0.15) is 6.04 Å².